The summed E-state index contributed by atoms with van der Waals surface area (Å²) in [6, 6.07) is 0. The molecule has 0 aromatic rings. The molecule has 2 aliphatic rings. The Labute approximate surface area is 80.4 Å². The van der Waals surface area contributed by atoms with E-state index in [1.54, 1.807) is 0 Å². The molecule has 2 fully saturated rings. The van der Waals surface area contributed by atoms with Gasteiger partial charge in [-0.15, -0.1) is 0 Å². The Bertz CT molecular complexity index is 166. The third kappa shape index (κ3) is 2.22. The first-order valence-corrected chi connectivity index (χ1v) is 5.29. The highest BCUT2D eigenvalue weighted by Crippen LogP contribution is 2.21. The minimum absolute atomic E-state index is 0.321. The fraction of sp³-hybridized carbons (Fsp3) is 1.00. The van der Waals surface area contributed by atoms with Crippen molar-refractivity contribution in [1.82, 2.24) is 10.2 Å². The van der Waals surface area contributed by atoms with Gasteiger partial charge in [-0.25, -0.2) is 0 Å². The lowest BCUT2D eigenvalue weighted by atomic mass is 10.0. The predicted octanol–water partition coefficient (Wildman–Crippen LogP) is 0.520. The van der Waals surface area contributed by atoms with Crippen LogP contribution in [0.4, 0.5) is 0 Å². The Balaban J connectivity index is 1.81. The average molecular weight is 184 g/mol. The van der Waals surface area contributed by atoms with Gasteiger partial charge in [0.15, 0.2) is 0 Å². The van der Waals surface area contributed by atoms with Gasteiger partial charge in [-0.3, -0.25) is 5.32 Å². The maximum Gasteiger partial charge on any atom is 0.112 e. The molecule has 13 heavy (non-hydrogen) atoms. The van der Waals surface area contributed by atoms with E-state index in [4.69, 9.17) is 4.74 Å². The lowest BCUT2D eigenvalue weighted by Crippen LogP contribution is -2.47. The quantitative estimate of drug-likeness (QED) is 0.643. The monoisotopic (exact) mass is 184 g/mol. The Morgan fingerprint density at radius 1 is 1.46 bits per heavy atom. The molecule has 0 aliphatic carbocycles. The minimum Gasteiger partial charge on any atom is -0.363 e. The van der Waals surface area contributed by atoms with Gasteiger partial charge in [0.2, 0.25) is 0 Å². The normalized spacial score (nSPS) is 42.5. The second-order valence-electron chi connectivity index (χ2n) is 4.58. The van der Waals surface area contributed by atoms with Crippen LogP contribution in [-0.4, -0.2) is 44.4 Å². The van der Waals surface area contributed by atoms with E-state index in [0.29, 0.717) is 18.1 Å². The molecule has 0 spiro atoms. The number of hydrogen-bond acceptors (Lipinski definition) is 3. The molecule has 3 nitrogen and oxygen atoms in total. The highest BCUT2D eigenvalue weighted by atomic mass is 16.5. The fourth-order valence-corrected chi connectivity index (χ4v) is 2.22. The van der Waals surface area contributed by atoms with Gasteiger partial charge in [-0.05, 0) is 25.9 Å². The number of hydrogen-bond donors (Lipinski definition) is 1. The molecule has 2 saturated heterocycles. The topological polar surface area (TPSA) is 24.5 Å². The minimum atomic E-state index is 0.321. The van der Waals surface area contributed by atoms with Crippen LogP contribution in [0.3, 0.4) is 0 Å². The highest BCUT2D eigenvalue weighted by Gasteiger charge is 2.30. The molecule has 3 unspecified atom stereocenters. The largest absolute Gasteiger partial charge is 0.363 e. The summed E-state index contributed by atoms with van der Waals surface area (Å²) in [4.78, 5) is 2.38. The summed E-state index contributed by atoms with van der Waals surface area (Å²) in [6.45, 7) is 6.68. The molecular weight excluding hydrogens is 164 g/mol. The number of nitrogens with zero attached hydrogens (tertiary/aromatic N) is 1. The summed E-state index contributed by atoms with van der Waals surface area (Å²) < 4.78 is 5.78. The third-order valence-electron chi connectivity index (χ3n) is 3.08. The van der Waals surface area contributed by atoms with E-state index < -0.39 is 0 Å². The highest BCUT2D eigenvalue weighted by molar-refractivity contribution is 4.81. The molecule has 3 heteroatoms. The van der Waals surface area contributed by atoms with Crippen molar-refractivity contribution in [3.8, 4) is 0 Å². The van der Waals surface area contributed by atoms with E-state index in [-0.39, 0.29) is 0 Å². The standard InChI is InChI=1S/C10H20N2O/c1-8-5-11-10(13-7-8)9-3-4-12(2)6-9/h8-11H,3-7H2,1-2H3. The molecule has 0 saturated carbocycles. The number of rotatable bonds is 1. The van der Waals surface area contributed by atoms with Gasteiger partial charge >= 0.3 is 0 Å². The first-order chi connectivity index (χ1) is 6.25. The average Bonchev–Trinajstić information content (AvgIpc) is 2.53. The van der Waals surface area contributed by atoms with Gasteiger partial charge in [-0.1, -0.05) is 6.92 Å². The van der Waals surface area contributed by atoms with Gasteiger partial charge in [0.1, 0.15) is 6.23 Å². The van der Waals surface area contributed by atoms with Crippen molar-refractivity contribution in [2.45, 2.75) is 19.6 Å². The van der Waals surface area contributed by atoms with Crippen molar-refractivity contribution in [2.24, 2.45) is 11.8 Å². The van der Waals surface area contributed by atoms with Gasteiger partial charge in [0.05, 0.1) is 6.61 Å². The Morgan fingerprint density at radius 2 is 2.31 bits per heavy atom. The molecule has 3 atom stereocenters. The summed E-state index contributed by atoms with van der Waals surface area (Å²) in [7, 11) is 2.19. The zero-order valence-electron chi connectivity index (χ0n) is 8.62. The Hall–Kier alpha value is -0.120. The first kappa shape index (κ1) is 9.44. The van der Waals surface area contributed by atoms with Crippen molar-refractivity contribution in [3.05, 3.63) is 0 Å². The molecule has 2 rings (SSSR count). The van der Waals surface area contributed by atoms with Crippen LogP contribution in [-0.2, 0) is 4.74 Å². The van der Waals surface area contributed by atoms with Gasteiger partial charge in [0, 0.05) is 19.0 Å². The molecule has 76 valence electrons. The van der Waals surface area contributed by atoms with Crippen LogP contribution in [0.5, 0.6) is 0 Å². The van der Waals surface area contributed by atoms with E-state index in [0.717, 1.165) is 13.2 Å². The number of likely N-dealkylation sites (tertiary alicyclic amines) is 1. The van der Waals surface area contributed by atoms with Crippen LogP contribution in [0.15, 0.2) is 0 Å². The number of nitrogens with one attached hydrogen (secondary N) is 1. The van der Waals surface area contributed by atoms with Crippen molar-refractivity contribution in [1.29, 1.82) is 0 Å². The molecule has 1 N–H and O–H groups in total. The number of ether oxygens (including phenoxy) is 1. The van der Waals surface area contributed by atoms with Gasteiger partial charge in [0.25, 0.3) is 0 Å². The van der Waals surface area contributed by atoms with E-state index in [9.17, 15) is 0 Å². The van der Waals surface area contributed by atoms with Crippen molar-refractivity contribution in [2.75, 3.05) is 33.3 Å². The molecular formula is C10H20N2O. The zero-order chi connectivity index (χ0) is 9.26. The summed E-state index contributed by atoms with van der Waals surface area (Å²) in [5, 5.41) is 3.48. The second kappa shape index (κ2) is 3.95. The lowest BCUT2D eigenvalue weighted by molar-refractivity contribution is -0.0535. The van der Waals surface area contributed by atoms with Crippen molar-refractivity contribution >= 4 is 0 Å². The molecule has 0 aromatic carbocycles. The summed E-state index contributed by atoms with van der Waals surface area (Å²) in [6.07, 6.45) is 1.60. The molecule has 0 radical (unpaired) electrons. The van der Waals surface area contributed by atoms with Crippen molar-refractivity contribution in [3.63, 3.8) is 0 Å². The van der Waals surface area contributed by atoms with E-state index >= 15 is 0 Å². The van der Waals surface area contributed by atoms with Crippen LogP contribution in [0.25, 0.3) is 0 Å². The predicted molar refractivity (Wildman–Crippen MR) is 52.5 cm³/mol. The van der Waals surface area contributed by atoms with E-state index in [1.165, 1.54) is 19.5 Å². The van der Waals surface area contributed by atoms with Gasteiger partial charge in [-0.2, -0.15) is 0 Å². The lowest BCUT2D eigenvalue weighted by Gasteiger charge is -2.32. The maximum atomic E-state index is 5.78. The Kier molecular flexibility index (Phi) is 2.86. The molecule has 0 amide bonds. The molecule has 0 bridgehead atoms. The first-order valence-electron chi connectivity index (χ1n) is 5.29. The van der Waals surface area contributed by atoms with E-state index in [1.807, 2.05) is 0 Å². The van der Waals surface area contributed by atoms with Crippen molar-refractivity contribution < 1.29 is 4.74 Å². The smallest absolute Gasteiger partial charge is 0.112 e. The van der Waals surface area contributed by atoms with Crippen LogP contribution >= 0.6 is 0 Å². The fourth-order valence-electron chi connectivity index (χ4n) is 2.22. The van der Waals surface area contributed by atoms with Gasteiger partial charge < -0.3 is 9.64 Å². The zero-order valence-corrected chi connectivity index (χ0v) is 8.62. The van der Waals surface area contributed by atoms with Crippen LogP contribution in [0, 0.1) is 11.8 Å². The van der Waals surface area contributed by atoms with Crippen LogP contribution < -0.4 is 5.32 Å². The summed E-state index contributed by atoms with van der Waals surface area (Å²) >= 11 is 0. The summed E-state index contributed by atoms with van der Waals surface area (Å²) in [5.74, 6) is 1.38. The molecule has 0 aromatic heterocycles. The Morgan fingerprint density at radius 3 is 2.85 bits per heavy atom. The summed E-state index contributed by atoms with van der Waals surface area (Å²) in [5.41, 5.74) is 0. The van der Waals surface area contributed by atoms with Crippen LogP contribution in [0.2, 0.25) is 0 Å². The third-order valence-corrected chi connectivity index (χ3v) is 3.08. The SMILES string of the molecule is CC1CNC(C2CCN(C)C2)OC1. The second-order valence-corrected chi connectivity index (χ2v) is 4.58. The molecule has 2 aliphatic heterocycles. The van der Waals surface area contributed by atoms with E-state index in [2.05, 4.69) is 24.2 Å². The maximum absolute atomic E-state index is 5.78. The van der Waals surface area contributed by atoms with Crippen LogP contribution in [0.1, 0.15) is 13.3 Å². The molecule has 2 heterocycles.